The number of rotatable bonds is 5. The van der Waals surface area contributed by atoms with Crippen molar-refractivity contribution in [3.05, 3.63) is 28.8 Å². The van der Waals surface area contributed by atoms with Crippen LogP contribution in [0.15, 0.2) is 23.1 Å². The molecular weight excluding hydrogens is 357 g/mol. The Bertz CT molecular complexity index is 668. The Balaban J connectivity index is 0.00000264. The molecule has 0 bridgehead atoms. The Labute approximate surface area is 149 Å². The van der Waals surface area contributed by atoms with Crippen LogP contribution in [0.4, 0.5) is 0 Å². The van der Waals surface area contributed by atoms with E-state index >= 15 is 0 Å². The summed E-state index contributed by atoms with van der Waals surface area (Å²) in [6.07, 6.45) is 2.36. The molecule has 5 nitrogen and oxygen atoms in total. The van der Waals surface area contributed by atoms with E-state index in [1.54, 1.807) is 4.31 Å². The van der Waals surface area contributed by atoms with Crippen molar-refractivity contribution in [1.82, 2.24) is 9.62 Å². The van der Waals surface area contributed by atoms with Gasteiger partial charge >= 0.3 is 0 Å². The topological polar surface area (TPSA) is 73.2 Å². The van der Waals surface area contributed by atoms with Crippen molar-refractivity contribution in [3.8, 4) is 6.07 Å². The van der Waals surface area contributed by atoms with Gasteiger partial charge in [0.1, 0.15) is 6.07 Å². The summed E-state index contributed by atoms with van der Waals surface area (Å²) in [6, 6.07) is 6.25. The van der Waals surface area contributed by atoms with Gasteiger partial charge in [-0.1, -0.05) is 18.5 Å². The lowest BCUT2D eigenvalue weighted by Crippen LogP contribution is -2.46. The molecule has 8 heteroatoms. The first-order valence-electron chi connectivity index (χ1n) is 7.43. The fraction of sp³-hybridized carbons (Fsp3) is 0.533. The number of hydrogen-bond donors (Lipinski definition) is 1. The van der Waals surface area contributed by atoms with Crippen molar-refractivity contribution in [2.24, 2.45) is 0 Å². The summed E-state index contributed by atoms with van der Waals surface area (Å²) in [6.45, 7) is 4.10. The average Bonchev–Trinajstić information content (AvgIpc) is 2.53. The third-order valence-electron chi connectivity index (χ3n) is 3.82. The minimum Gasteiger partial charge on any atom is -0.317 e. The first-order valence-corrected chi connectivity index (χ1v) is 9.24. The molecule has 128 valence electrons. The summed E-state index contributed by atoms with van der Waals surface area (Å²) in [4.78, 5) is 0.139. The molecule has 1 N–H and O–H groups in total. The lowest BCUT2D eigenvalue weighted by atomic mass is 10.1. The average molecular weight is 378 g/mol. The summed E-state index contributed by atoms with van der Waals surface area (Å²) in [7, 11) is -3.62. The van der Waals surface area contributed by atoms with E-state index in [1.807, 2.05) is 13.0 Å². The zero-order chi connectivity index (χ0) is 16.2. The van der Waals surface area contributed by atoms with Gasteiger partial charge in [0.25, 0.3) is 0 Å². The zero-order valence-corrected chi connectivity index (χ0v) is 15.3. The SMILES string of the molecule is CCCN(C1CCNCC1)S(=O)(=O)c1ccc(Cl)c(C#N)c1.Cl. The van der Waals surface area contributed by atoms with Crippen molar-refractivity contribution in [3.63, 3.8) is 0 Å². The molecule has 1 heterocycles. The van der Waals surface area contributed by atoms with Crippen molar-refractivity contribution in [2.45, 2.75) is 37.1 Å². The smallest absolute Gasteiger partial charge is 0.243 e. The molecule has 1 aromatic carbocycles. The molecule has 0 amide bonds. The maximum atomic E-state index is 13.0. The van der Waals surface area contributed by atoms with Gasteiger partial charge in [-0.25, -0.2) is 8.42 Å². The van der Waals surface area contributed by atoms with Crippen molar-refractivity contribution in [1.29, 1.82) is 5.26 Å². The summed E-state index contributed by atoms with van der Waals surface area (Å²) < 4.78 is 27.5. The Morgan fingerprint density at radius 1 is 1.39 bits per heavy atom. The summed E-state index contributed by atoms with van der Waals surface area (Å²) >= 11 is 5.90. The number of nitrogens with one attached hydrogen (secondary N) is 1. The molecule has 23 heavy (non-hydrogen) atoms. The monoisotopic (exact) mass is 377 g/mol. The predicted octanol–water partition coefficient (Wildman–Crippen LogP) is 2.79. The van der Waals surface area contributed by atoms with Crippen molar-refractivity contribution >= 4 is 34.0 Å². The van der Waals surface area contributed by atoms with Crippen LogP contribution in [-0.2, 0) is 10.0 Å². The molecule has 1 saturated heterocycles. The number of sulfonamides is 1. The first kappa shape index (κ1) is 20.2. The quantitative estimate of drug-likeness (QED) is 0.855. The Kier molecular flexibility index (Phi) is 7.78. The van der Waals surface area contributed by atoms with Gasteiger partial charge < -0.3 is 5.32 Å². The van der Waals surface area contributed by atoms with Gasteiger partial charge in [0, 0.05) is 12.6 Å². The number of benzene rings is 1. The van der Waals surface area contributed by atoms with Crippen molar-refractivity contribution in [2.75, 3.05) is 19.6 Å². The highest BCUT2D eigenvalue weighted by atomic mass is 35.5. The van der Waals surface area contributed by atoms with Crippen LogP contribution in [0.5, 0.6) is 0 Å². The standard InChI is InChI=1S/C15H20ClN3O2S.ClH/c1-2-9-19(13-5-7-18-8-6-13)22(20,21)14-3-4-15(16)12(10-14)11-17;/h3-4,10,13,18H,2,5-9H2,1H3;1H. The molecule has 0 spiro atoms. The fourth-order valence-electron chi connectivity index (χ4n) is 2.70. The van der Waals surface area contributed by atoms with Gasteiger partial charge in [-0.05, 0) is 50.6 Å². The Morgan fingerprint density at radius 2 is 2.04 bits per heavy atom. The second-order valence-electron chi connectivity index (χ2n) is 5.35. The van der Waals surface area contributed by atoms with Crippen LogP contribution in [0.1, 0.15) is 31.7 Å². The number of halogens is 2. The van der Waals surface area contributed by atoms with E-state index in [1.165, 1.54) is 18.2 Å². The van der Waals surface area contributed by atoms with Gasteiger partial charge in [0.05, 0.1) is 15.5 Å². The molecule has 0 unspecified atom stereocenters. The van der Waals surface area contributed by atoms with E-state index in [4.69, 9.17) is 16.9 Å². The van der Waals surface area contributed by atoms with Gasteiger partial charge in [-0.3, -0.25) is 0 Å². The lowest BCUT2D eigenvalue weighted by Gasteiger charge is -2.33. The molecule has 0 atom stereocenters. The number of hydrogen-bond acceptors (Lipinski definition) is 4. The second kappa shape index (κ2) is 8.86. The number of nitriles is 1. The maximum Gasteiger partial charge on any atom is 0.243 e. The minimum absolute atomic E-state index is 0. The highest BCUT2D eigenvalue weighted by Crippen LogP contribution is 2.26. The van der Waals surface area contributed by atoms with Gasteiger partial charge in [-0.15, -0.1) is 12.4 Å². The van der Waals surface area contributed by atoms with Crippen LogP contribution < -0.4 is 5.32 Å². The largest absolute Gasteiger partial charge is 0.317 e. The molecule has 0 aromatic heterocycles. The Morgan fingerprint density at radius 3 is 2.61 bits per heavy atom. The first-order chi connectivity index (χ1) is 10.5. The van der Waals surface area contributed by atoms with Crippen LogP contribution in [0.3, 0.4) is 0 Å². The molecule has 0 saturated carbocycles. The molecule has 1 aliphatic heterocycles. The molecule has 1 fully saturated rings. The summed E-state index contributed by atoms with van der Waals surface area (Å²) in [5.41, 5.74) is 0.185. The lowest BCUT2D eigenvalue weighted by molar-refractivity contribution is 0.262. The van der Waals surface area contributed by atoms with Gasteiger partial charge in [0.15, 0.2) is 0 Å². The third kappa shape index (κ3) is 4.59. The molecule has 1 aromatic rings. The highest BCUT2D eigenvalue weighted by Gasteiger charge is 2.31. The van der Waals surface area contributed by atoms with Gasteiger partial charge in [0.2, 0.25) is 10.0 Å². The molecule has 1 aliphatic rings. The number of piperidine rings is 1. The highest BCUT2D eigenvalue weighted by molar-refractivity contribution is 7.89. The van der Waals surface area contributed by atoms with Crippen LogP contribution in [-0.4, -0.2) is 38.4 Å². The van der Waals surface area contributed by atoms with Gasteiger partial charge in [-0.2, -0.15) is 9.57 Å². The molecule has 0 radical (unpaired) electrons. The van der Waals surface area contributed by atoms with Crippen LogP contribution >= 0.6 is 24.0 Å². The minimum atomic E-state index is -3.62. The van der Waals surface area contributed by atoms with Crippen molar-refractivity contribution < 1.29 is 8.42 Å². The maximum absolute atomic E-state index is 13.0. The molecular formula is C15H21Cl2N3O2S. The molecule has 0 aliphatic carbocycles. The zero-order valence-electron chi connectivity index (χ0n) is 13.0. The number of nitrogens with zero attached hydrogens (tertiary/aromatic N) is 2. The van der Waals surface area contributed by atoms with Crippen LogP contribution in [0.25, 0.3) is 0 Å². The second-order valence-corrected chi connectivity index (χ2v) is 7.65. The summed E-state index contributed by atoms with van der Waals surface area (Å²) in [5, 5.41) is 12.6. The molecule has 2 rings (SSSR count). The van der Waals surface area contributed by atoms with E-state index < -0.39 is 10.0 Å². The normalized spacial score (nSPS) is 15.9. The van der Waals surface area contributed by atoms with E-state index in [-0.39, 0.29) is 33.9 Å². The van der Waals surface area contributed by atoms with E-state index in [2.05, 4.69) is 5.32 Å². The predicted molar refractivity (Wildman–Crippen MR) is 93.5 cm³/mol. The van der Waals surface area contributed by atoms with Crippen LogP contribution in [0, 0.1) is 11.3 Å². The van der Waals surface area contributed by atoms with E-state index in [0.717, 1.165) is 32.4 Å². The Hall–Kier alpha value is -0.840. The van der Waals surface area contributed by atoms with Crippen LogP contribution in [0.2, 0.25) is 5.02 Å². The van der Waals surface area contributed by atoms with E-state index in [9.17, 15) is 8.42 Å². The third-order valence-corrected chi connectivity index (χ3v) is 6.10. The van der Waals surface area contributed by atoms with E-state index in [0.29, 0.717) is 6.54 Å². The fourth-order valence-corrected chi connectivity index (χ4v) is 4.66. The summed E-state index contributed by atoms with van der Waals surface area (Å²) in [5.74, 6) is 0.